The van der Waals surface area contributed by atoms with Crippen LogP contribution in [0, 0.1) is 0 Å². The molecule has 0 bridgehead atoms. The average Bonchev–Trinajstić information content (AvgIpc) is 3.08. The first-order chi connectivity index (χ1) is 10.9. The van der Waals surface area contributed by atoms with Crippen LogP contribution in [-0.4, -0.2) is 29.6 Å². The zero-order valence-electron chi connectivity index (χ0n) is 12.5. The average molecular weight is 313 g/mol. The SMILES string of the molecule is COc1ccccc1C(Cc1cccnc1)/N=C1/NCCS1. The van der Waals surface area contributed by atoms with Crippen molar-refractivity contribution >= 4 is 16.9 Å². The smallest absolute Gasteiger partial charge is 0.157 e. The molecule has 0 spiro atoms. The van der Waals surface area contributed by atoms with Crippen molar-refractivity contribution in [2.75, 3.05) is 19.4 Å². The highest BCUT2D eigenvalue weighted by molar-refractivity contribution is 8.14. The maximum absolute atomic E-state index is 5.52. The third-order valence-electron chi connectivity index (χ3n) is 3.54. The van der Waals surface area contributed by atoms with Crippen molar-refractivity contribution in [2.24, 2.45) is 4.99 Å². The van der Waals surface area contributed by atoms with Gasteiger partial charge in [0, 0.05) is 36.7 Å². The van der Waals surface area contributed by atoms with Crippen LogP contribution in [0.1, 0.15) is 17.2 Å². The maximum atomic E-state index is 5.52. The van der Waals surface area contributed by atoms with E-state index in [1.165, 1.54) is 5.56 Å². The van der Waals surface area contributed by atoms with E-state index in [-0.39, 0.29) is 6.04 Å². The summed E-state index contributed by atoms with van der Waals surface area (Å²) in [6.07, 6.45) is 4.50. The number of pyridine rings is 1. The molecular weight excluding hydrogens is 294 g/mol. The molecule has 2 heterocycles. The van der Waals surface area contributed by atoms with Gasteiger partial charge < -0.3 is 10.1 Å². The summed E-state index contributed by atoms with van der Waals surface area (Å²) in [5.41, 5.74) is 2.28. The highest BCUT2D eigenvalue weighted by Gasteiger charge is 2.18. The first-order valence-corrected chi connectivity index (χ1v) is 8.31. The molecule has 0 amide bonds. The van der Waals surface area contributed by atoms with E-state index in [0.717, 1.165) is 35.2 Å². The Bertz CT molecular complexity index is 637. The number of rotatable bonds is 5. The number of methoxy groups -OCH3 is 1. The lowest BCUT2D eigenvalue weighted by molar-refractivity contribution is 0.405. The number of ether oxygens (including phenoxy) is 1. The molecule has 1 N–H and O–H groups in total. The molecule has 1 aliphatic rings. The molecular formula is C17H19N3OS. The Morgan fingerprint density at radius 1 is 1.32 bits per heavy atom. The Labute approximate surface area is 135 Å². The van der Waals surface area contributed by atoms with Gasteiger partial charge in [-0.3, -0.25) is 9.98 Å². The van der Waals surface area contributed by atoms with Crippen molar-refractivity contribution < 1.29 is 4.74 Å². The second-order valence-corrected chi connectivity index (χ2v) is 6.12. The fourth-order valence-corrected chi connectivity index (χ4v) is 3.29. The van der Waals surface area contributed by atoms with Gasteiger partial charge in [-0.15, -0.1) is 0 Å². The summed E-state index contributed by atoms with van der Waals surface area (Å²) >= 11 is 1.77. The molecule has 114 valence electrons. The van der Waals surface area contributed by atoms with Gasteiger partial charge >= 0.3 is 0 Å². The molecule has 5 heteroatoms. The molecule has 1 atom stereocenters. The molecule has 1 fully saturated rings. The number of nitrogens with zero attached hydrogens (tertiary/aromatic N) is 2. The number of aromatic nitrogens is 1. The number of para-hydroxylation sites is 1. The van der Waals surface area contributed by atoms with E-state index in [4.69, 9.17) is 9.73 Å². The fraction of sp³-hybridized carbons (Fsp3) is 0.294. The van der Waals surface area contributed by atoms with Crippen LogP contribution in [0.3, 0.4) is 0 Å². The third kappa shape index (κ3) is 3.60. The number of amidine groups is 1. The number of aliphatic imine (C=N–C) groups is 1. The zero-order chi connectivity index (χ0) is 15.2. The molecule has 3 rings (SSSR count). The zero-order valence-corrected chi connectivity index (χ0v) is 13.3. The largest absolute Gasteiger partial charge is 0.496 e. The Hall–Kier alpha value is -2.01. The first kappa shape index (κ1) is 14.9. The molecule has 1 aromatic carbocycles. The monoisotopic (exact) mass is 313 g/mol. The van der Waals surface area contributed by atoms with E-state index >= 15 is 0 Å². The van der Waals surface area contributed by atoms with Crippen molar-refractivity contribution in [3.63, 3.8) is 0 Å². The summed E-state index contributed by atoms with van der Waals surface area (Å²) in [4.78, 5) is 9.12. The summed E-state index contributed by atoms with van der Waals surface area (Å²) in [5.74, 6) is 1.95. The molecule has 0 radical (unpaired) electrons. The van der Waals surface area contributed by atoms with Gasteiger partial charge in [0.05, 0.1) is 13.2 Å². The predicted octanol–water partition coefficient (Wildman–Crippen LogP) is 3.07. The van der Waals surface area contributed by atoms with E-state index in [0.29, 0.717) is 0 Å². The van der Waals surface area contributed by atoms with Gasteiger partial charge in [-0.2, -0.15) is 0 Å². The Balaban J connectivity index is 1.93. The lowest BCUT2D eigenvalue weighted by Gasteiger charge is -2.17. The standard InChI is InChI=1S/C17H19N3OS/c1-21-16-7-3-2-6-14(16)15(20-17-19-9-10-22-17)11-13-5-4-8-18-12-13/h2-8,12,15H,9-11H2,1H3,(H,19,20). The topological polar surface area (TPSA) is 46.5 Å². The van der Waals surface area contributed by atoms with Crippen LogP contribution in [0.4, 0.5) is 0 Å². The Morgan fingerprint density at radius 3 is 2.95 bits per heavy atom. The predicted molar refractivity (Wildman–Crippen MR) is 91.6 cm³/mol. The second-order valence-electron chi connectivity index (χ2n) is 5.03. The summed E-state index contributed by atoms with van der Waals surface area (Å²) in [5, 5.41) is 4.35. The molecule has 0 aliphatic carbocycles. The van der Waals surface area contributed by atoms with Gasteiger partial charge in [0.2, 0.25) is 0 Å². The summed E-state index contributed by atoms with van der Waals surface area (Å²) in [6, 6.07) is 12.2. The van der Waals surface area contributed by atoms with Crippen molar-refractivity contribution in [2.45, 2.75) is 12.5 Å². The van der Waals surface area contributed by atoms with E-state index in [2.05, 4.69) is 22.4 Å². The van der Waals surface area contributed by atoms with Crippen LogP contribution in [0.2, 0.25) is 0 Å². The maximum Gasteiger partial charge on any atom is 0.157 e. The summed E-state index contributed by atoms with van der Waals surface area (Å²) in [6.45, 7) is 0.981. The third-order valence-corrected chi connectivity index (χ3v) is 4.47. The van der Waals surface area contributed by atoms with E-state index < -0.39 is 0 Å². The lowest BCUT2D eigenvalue weighted by atomic mass is 9.99. The fourth-order valence-electron chi connectivity index (χ4n) is 2.49. The van der Waals surface area contributed by atoms with E-state index in [1.54, 1.807) is 25.1 Å². The molecule has 2 aromatic rings. The molecule has 1 aliphatic heterocycles. The van der Waals surface area contributed by atoms with Crippen LogP contribution in [0.15, 0.2) is 53.8 Å². The number of thioether (sulfide) groups is 1. The van der Waals surface area contributed by atoms with Crippen LogP contribution in [0.25, 0.3) is 0 Å². The van der Waals surface area contributed by atoms with Gasteiger partial charge in [0.15, 0.2) is 5.17 Å². The number of hydrogen-bond acceptors (Lipinski definition) is 4. The number of hydrogen-bond donors (Lipinski definition) is 1. The highest BCUT2D eigenvalue weighted by atomic mass is 32.2. The summed E-state index contributed by atoms with van der Waals surface area (Å²) in [7, 11) is 1.70. The van der Waals surface area contributed by atoms with Crippen LogP contribution >= 0.6 is 11.8 Å². The van der Waals surface area contributed by atoms with Gasteiger partial charge in [0.1, 0.15) is 5.75 Å². The normalized spacial score (nSPS) is 17.2. The minimum Gasteiger partial charge on any atom is -0.496 e. The molecule has 1 aromatic heterocycles. The Morgan fingerprint density at radius 2 is 2.23 bits per heavy atom. The van der Waals surface area contributed by atoms with E-state index in [1.807, 2.05) is 30.5 Å². The van der Waals surface area contributed by atoms with Crippen molar-refractivity contribution in [3.05, 3.63) is 59.9 Å². The molecule has 1 saturated heterocycles. The molecule has 4 nitrogen and oxygen atoms in total. The highest BCUT2D eigenvalue weighted by Crippen LogP contribution is 2.31. The molecule has 0 saturated carbocycles. The minimum atomic E-state index is 0.0217. The summed E-state index contributed by atoms with van der Waals surface area (Å²) < 4.78 is 5.52. The van der Waals surface area contributed by atoms with Gasteiger partial charge in [0.25, 0.3) is 0 Å². The van der Waals surface area contributed by atoms with E-state index in [9.17, 15) is 0 Å². The van der Waals surface area contributed by atoms with Gasteiger partial charge in [-0.1, -0.05) is 36.0 Å². The first-order valence-electron chi connectivity index (χ1n) is 7.33. The van der Waals surface area contributed by atoms with Crippen molar-refractivity contribution in [1.82, 2.24) is 10.3 Å². The van der Waals surface area contributed by atoms with Crippen LogP contribution in [-0.2, 0) is 6.42 Å². The lowest BCUT2D eigenvalue weighted by Crippen LogP contribution is -2.15. The second kappa shape index (κ2) is 7.31. The van der Waals surface area contributed by atoms with Gasteiger partial charge in [-0.05, 0) is 17.7 Å². The quantitative estimate of drug-likeness (QED) is 0.921. The van der Waals surface area contributed by atoms with Crippen molar-refractivity contribution in [3.8, 4) is 5.75 Å². The van der Waals surface area contributed by atoms with Crippen LogP contribution < -0.4 is 10.1 Å². The Kier molecular flexibility index (Phi) is 4.96. The number of benzene rings is 1. The molecule has 22 heavy (non-hydrogen) atoms. The van der Waals surface area contributed by atoms with Crippen molar-refractivity contribution in [1.29, 1.82) is 0 Å². The minimum absolute atomic E-state index is 0.0217. The van der Waals surface area contributed by atoms with Gasteiger partial charge in [-0.25, -0.2) is 0 Å². The molecule has 1 unspecified atom stereocenters. The van der Waals surface area contributed by atoms with Crippen LogP contribution in [0.5, 0.6) is 5.75 Å². The number of nitrogens with one attached hydrogen (secondary N) is 1.